The van der Waals surface area contributed by atoms with Gasteiger partial charge in [-0.3, -0.25) is 4.79 Å². The molecule has 0 amide bonds. The van der Waals surface area contributed by atoms with E-state index in [1.54, 1.807) is 0 Å². The van der Waals surface area contributed by atoms with Gasteiger partial charge in [0.1, 0.15) is 10.8 Å². The van der Waals surface area contributed by atoms with Crippen LogP contribution in [0, 0.1) is 5.82 Å². The highest BCUT2D eigenvalue weighted by Crippen LogP contribution is 2.29. The minimum atomic E-state index is -0.795. The van der Waals surface area contributed by atoms with Crippen LogP contribution in [0.3, 0.4) is 0 Å². The molecule has 0 unspecified atom stereocenters. The second-order valence-corrected chi connectivity index (χ2v) is 3.15. The fourth-order valence-electron chi connectivity index (χ4n) is 0.977. The summed E-state index contributed by atoms with van der Waals surface area (Å²) in [5.74, 6) is -1.39. The van der Waals surface area contributed by atoms with Gasteiger partial charge < -0.3 is 4.74 Å². The fourth-order valence-corrected chi connectivity index (χ4v) is 1.36. The molecule has 0 saturated carbocycles. The van der Waals surface area contributed by atoms with E-state index < -0.39 is 11.6 Å². The molecule has 0 saturated heterocycles. The van der Waals surface area contributed by atoms with Crippen molar-refractivity contribution in [3.8, 4) is 5.75 Å². The smallest absolute Gasteiger partial charge is 0.180 e. The molecule has 0 aromatic heterocycles. The van der Waals surface area contributed by atoms with Crippen LogP contribution in [0.15, 0.2) is 12.1 Å². The second kappa shape index (κ2) is 4.62. The Morgan fingerprint density at radius 1 is 1.57 bits per heavy atom. The minimum absolute atomic E-state index is 0.120. The van der Waals surface area contributed by atoms with Crippen LogP contribution in [0.4, 0.5) is 4.39 Å². The minimum Gasteiger partial charge on any atom is -0.495 e. The molecule has 1 rings (SSSR count). The quantitative estimate of drug-likeness (QED) is 0.596. The number of Topliss-reactive ketones (excluding diaryl/α,β-unsaturated/α-hetero) is 1. The van der Waals surface area contributed by atoms with E-state index in [0.29, 0.717) is 0 Å². The molecule has 0 aliphatic heterocycles. The molecule has 0 aliphatic carbocycles. The van der Waals surface area contributed by atoms with E-state index in [-0.39, 0.29) is 22.2 Å². The number of hydrogen-bond donors (Lipinski definition) is 0. The summed E-state index contributed by atoms with van der Waals surface area (Å²) in [5.41, 5.74) is -0.120. The van der Waals surface area contributed by atoms with E-state index in [4.69, 9.17) is 27.9 Å². The Morgan fingerprint density at radius 3 is 2.71 bits per heavy atom. The number of alkyl halides is 1. The number of carbonyl (C=O) groups excluding carboxylic acids is 1. The molecule has 0 bridgehead atoms. The molecule has 5 heteroatoms. The number of methoxy groups -OCH3 is 1. The number of benzene rings is 1. The van der Waals surface area contributed by atoms with Crippen LogP contribution in [-0.2, 0) is 0 Å². The van der Waals surface area contributed by atoms with Gasteiger partial charge in [0.15, 0.2) is 11.6 Å². The molecule has 0 spiro atoms. The van der Waals surface area contributed by atoms with Crippen LogP contribution in [0.5, 0.6) is 5.75 Å². The third-order valence-electron chi connectivity index (χ3n) is 1.69. The van der Waals surface area contributed by atoms with Gasteiger partial charge in [-0.25, -0.2) is 4.39 Å². The first kappa shape index (κ1) is 11.3. The maximum Gasteiger partial charge on any atom is 0.180 e. The second-order valence-electron chi connectivity index (χ2n) is 2.50. The molecule has 0 N–H and O–H groups in total. The third kappa shape index (κ3) is 1.99. The van der Waals surface area contributed by atoms with Gasteiger partial charge in [-0.15, -0.1) is 11.6 Å². The standard InChI is InChI=1S/C9H7Cl2FO2/c1-14-7-3-2-5(6(13)4-10)9(12)8(7)11/h2-3H,4H2,1H3. The molecule has 2 nitrogen and oxygen atoms in total. The van der Waals surface area contributed by atoms with E-state index >= 15 is 0 Å². The van der Waals surface area contributed by atoms with Crippen LogP contribution in [0.2, 0.25) is 5.02 Å². The highest BCUT2D eigenvalue weighted by molar-refractivity contribution is 6.34. The first-order chi connectivity index (χ1) is 6.61. The van der Waals surface area contributed by atoms with Crippen molar-refractivity contribution in [2.45, 2.75) is 0 Å². The van der Waals surface area contributed by atoms with E-state index in [9.17, 15) is 9.18 Å². The van der Waals surface area contributed by atoms with Gasteiger partial charge in [0.25, 0.3) is 0 Å². The predicted octanol–water partition coefficient (Wildman–Crippen LogP) is 2.91. The van der Waals surface area contributed by atoms with Gasteiger partial charge in [0.05, 0.1) is 18.6 Å². The molecule has 76 valence electrons. The molecule has 0 aliphatic rings. The van der Waals surface area contributed by atoms with Crippen molar-refractivity contribution in [3.05, 3.63) is 28.5 Å². The molecule has 14 heavy (non-hydrogen) atoms. The van der Waals surface area contributed by atoms with Crippen molar-refractivity contribution in [2.75, 3.05) is 13.0 Å². The predicted molar refractivity (Wildman–Crippen MR) is 53.0 cm³/mol. The van der Waals surface area contributed by atoms with Crippen molar-refractivity contribution in [1.29, 1.82) is 0 Å². The first-order valence-corrected chi connectivity index (χ1v) is 4.64. The molecule has 1 aromatic rings. The topological polar surface area (TPSA) is 26.3 Å². The summed E-state index contributed by atoms with van der Waals surface area (Å²) in [7, 11) is 1.36. The van der Waals surface area contributed by atoms with Gasteiger partial charge in [0.2, 0.25) is 0 Å². The molecule has 0 fully saturated rings. The molecular weight excluding hydrogens is 230 g/mol. The van der Waals surface area contributed by atoms with E-state index in [2.05, 4.69) is 0 Å². The lowest BCUT2D eigenvalue weighted by molar-refractivity contribution is 0.101. The number of halogens is 3. The van der Waals surface area contributed by atoms with Crippen molar-refractivity contribution in [1.82, 2.24) is 0 Å². The number of rotatable bonds is 3. The number of ether oxygens (including phenoxy) is 1. The van der Waals surface area contributed by atoms with Crippen LogP contribution < -0.4 is 4.74 Å². The highest BCUT2D eigenvalue weighted by atomic mass is 35.5. The Kier molecular flexibility index (Phi) is 3.72. The molecule has 0 atom stereocenters. The zero-order valence-electron chi connectivity index (χ0n) is 7.31. The van der Waals surface area contributed by atoms with E-state index in [1.165, 1.54) is 19.2 Å². The Bertz CT molecular complexity index is 366. The lowest BCUT2D eigenvalue weighted by Crippen LogP contribution is -2.04. The monoisotopic (exact) mass is 236 g/mol. The summed E-state index contributed by atoms with van der Waals surface area (Å²) in [6.45, 7) is 0. The summed E-state index contributed by atoms with van der Waals surface area (Å²) >= 11 is 10.9. The van der Waals surface area contributed by atoms with Gasteiger partial charge in [-0.05, 0) is 12.1 Å². The summed E-state index contributed by atoms with van der Waals surface area (Å²) in [6.07, 6.45) is 0. The lowest BCUT2D eigenvalue weighted by atomic mass is 10.1. The lowest BCUT2D eigenvalue weighted by Gasteiger charge is -2.06. The van der Waals surface area contributed by atoms with Gasteiger partial charge in [-0.1, -0.05) is 11.6 Å². The van der Waals surface area contributed by atoms with Crippen molar-refractivity contribution in [2.24, 2.45) is 0 Å². The summed E-state index contributed by atoms with van der Waals surface area (Å²) in [5, 5.41) is -0.205. The van der Waals surface area contributed by atoms with Crippen molar-refractivity contribution in [3.63, 3.8) is 0 Å². The Morgan fingerprint density at radius 2 is 2.21 bits per heavy atom. The van der Waals surface area contributed by atoms with Crippen molar-refractivity contribution >= 4 is 29.0 Å². The number of carbonyl (C=O) groups is 1. The third-order valence-corrected chi connectivity index (χ3v) is 2.28. The van der Waals surface area contributed by atoms with Crippen LogP contribution in [0.1, 0.15) is 10.4 Å². The average molecular weight is 237 g/mol. The Balaban J connectivity index is 3.24. The Hall–Kier alpha value is -0.800. The van der Waals surface area contributed by atoms with Crippen LogP contribution >= 0.6 is 23.2 Å². The maximum absolute atomic E-state index is 13.4. The zero-order valence-corrected chi connectivity index (χ0v) is 8.82. The Labute approximate surface area is 90.6 Å². The van der Waals surface area contributed by atoms with Gasteiger partial charge in [0, 0.05) is 0 Å². The SMILES string of the molecule is COc1ccc(C(=O)CCl)c(F)c1Cl. The first-order valence-electron chi connectivity index (χ1n) is 3.73. The number of ketones is 1. The van der Waals surface area contributed by atoms with Gasteiger partial charge >= 0.3 is 0 Å². The molecule has 0 radical (unpaired) electrons. The number of hydrogen-bond acceptors (Lipinski definition) is 2. The average Bonchev–Trinajstić information content (AvgIpc) is 2.21. The largest absolute Gasteiger partial charge is 0.495 e. The van der Waals surface area contributed by atoms with E-state index in [0.717, 1.165) is 0 Å². The summed E-state index contributed by atoms with van der Waals surface area (Å²) in [4.78, 5) is 11.1. The highest BCUT2D eigenvalue weighted by Gasteiger charge is 2.16. The molecule has 1 aromatic carbocycles. The fraction of sp³-hybridized carbons (Fsp3) is 0.222. The molecular formula is C9H7Cl2FO2. The van der Waals surface area contributed by atoms with Crippen LogP contribution in [-0.4, -0.2) is 18.8 Å². The van der Waals surface area contributed by atoms with Gasteiger partial charge in [-0.2, -0.15) is 0 Å². The summed E-state index contributed by atoms with van der Waals surface area (Å²) in [6, 6.07) is 2.72. The maximum atomic E-state index is 13.4. The zero-order chi connectivity index (χ0) is 10.7. The normalized spacial score (nSPS) is 10.0. The van der Waals surface area contributed by atoms with Crippen LogP contribution in [0.25, 0.3) is 0 Å². The molecule has 0 heterocycles. The van der Waals surface area contributed by atoms with Crippen molar-refractivity contribution < 1.29 is 13.9 Å². The van der Waals surface area contributed by atoms with E-state index in [1.807, 2.05) is 0 Å². The summed E-state index contributed by atoms with van der Waals surface area (Å²) < 4.78 is 18.2.